The Kier molecular flexibility index (Phi) is 7.20. The van der Waals surface area contributed by atoms with Crippen LogP contribution in [0, 0.1) is 0 Å². The number of nitrogens with one attached hydrogen (secondary N) is 2. The summed E-state index contributed by atoms with van der Waals surface area (Å²) in [5.41, 5.74) is 0. The van der Waals surface area contributed by atoms with E-state index in [0.717, 1.165) is 13.1 Å². The predicted octanol–water partition coefficient (Wildman–Crippen LogP) is 1.12. The van der Waals surface area contributed by atoms with Crippen LogP contribution in [0.3, 0.4) is 0 Å². The second-order valence-electron chi connectivity index (χ2n) is 4.14. The van der Waals surface area contributed by atoms with Gasteiger partial charge in [-0.3, -0.25) is 4.79 Å². The van der Waals surface area contributed by atoms with Crippen molar-refractivity contribution in [2.24, 2.45) is 0 Å². The third-order valence-corrected chi connectivity index (χ3v) is 2.70. The van der Waals surface area contributed by atoms with Crippen LogP contribution in [0.5, 0.6) is 0 Å². The summed E-state index contributed by atoms with van der Waals surface area (Å²) < 4.78 is 4.86. The maximum atomic E-state index is 11.4. The van der Waals surface area contributed by atoms with Gasteiger partial charge >= 0.3 is 5.97 Å². The molecule has 1 aromatic heterocycles. The van der Waals surface area contributed by atoms with Gasteiger partial charge in [-0.2, -0.15) is 15.0 Å². The lowest BCUT2D eigenvalue weighted by molar-refractivity contribution is -0.140. The zero-order valence-electron chi connectivity index (χ0n) is 13.1. The highest BCUT2D eigenvalue weighted by atomic mass is 16.5. The van der Waals surface area contributed by atoms with Crippen molar-refractivity contribution in [2.45, 2.75) is 27.7 Å². The molecule has 0 aliphatic rings. The van der Waals surface area contributed by atoms with E-state index in [4.69, 9.17) is 4.74 Å². The molecule has 0 aliphatic heterocycles. The molecular weight excluding hydrogens is 272 g/mol. The lowest BCUT2D eigenvalue weighted by Crippen LogP contribution is -2.26. The number of rotatable bonds is 9. The van der Waals surface area contributed by atoms with Crippen molar-refractivity contribution in [3.63, 3.8) is 0 Å². The molecule has 118 valence electrons. The van der Waals surface area contributed by atoms with Crippen LogP contribution in [-0.2, 0) is 9.53 Å². The smallest absolute Gasteiger partial charge is 0.325 e. The van der Waals surface area contributed by atoms with Gasteiger partial charge in [-0.25, -0.2) is 0 Å². The van der Waals surface area contributed by atoms with Crippen molar-refractivity contribution in [1.82, 2.24) is 15.0 Å². The van der Waals surface area contributed by atoms with Crippen LogP contribution in [0.15, 0.2) is 0 Å². The summed E-state index contributed by atoms with van der Waals surface area (Å²) >= 11 is 0. The van der Waals surface area contributed by atoms with Crippen LogP contribution >= 0.6 is 0 Å². The summed E-state index contributed by atoms with van der Waals surface area (Å²) in [5.74, 6) is 1.08. The van der Waals surface area contributed by atoms with Crippen LogP contribution in [0.1, 0.15) is 27.7 Å². The molecule has 21 heavy (non-hydrogen) atoms. The fraction of sp³-hybridized carbons (Fsp3) is 0.692. The molecule has 8 nitrogen and oxygen atoms in total. The second-order valence-corrected chi connectivity index (χ2v) is 4.14. The first-order chi connectivity index (χ1) is 10.1. The summed E-state index contributed by atoms with van der Waals surface area (Å²) in [6.07, 6.45) is 0. The summed E-state index contributed by atoms with van der Waals surface area (Å²) in [6.45, 7) is 10.5. The van der Waals surface area contributed by atoms with Crippen molar-refractivity contribution in [3.8, 4) is 0 Å². The molecule has 0 amide bonds. The third kappa shape index (κ3) is 5.41. The Morgan fingerprint density at radius 2 is 1.67 bits per heavy atom. The number of hydrogen-bond acceptors (Lipinski definition) is 8. The van der Waals surface area contributed by atoms with Crippen molar-refractivity contribution >= 4 is 23.8 Å². The molecule has 0 fully saturated rings. The first-order valence-corrected chi connectivity index (χ1v) is 7.28. The van der Waals surface area contributed by atoms with E-state index in [9.17, 15) is 4.79 Å². The van der Waals surface area contributed by atoms with Crippen LogP contribution in [0.2, 0.25) is 0 Å². The molecule has 0 bridgehead atoms. The van der Waals surface area contributed by atoms with E-state index in [0.29, 0.717) is 31.0 Å². The van der Waals surface area contributed by atoms with Crippen LogP contribution < -0.4 is 15.5 Å². The number of nitrogens with zero attached hydrogens (tertiary/aromatic N) is 4. The van der Waals surface area contributed by atoms with Gasteiger partial charge < -0.3 is 20.3 Å². The quantitative estimate of drug-likeness (QED) is 0.655. The number of carbonyl (C=O) groups is 1. The van der Waals surface area contributed by atoms with E-state index in [1.807, 2.05) is 25.7 Å². The Labute approximate surface area is 125 Å². The molecule has 0 aromatic carbocycles. The van der Waals surface area contributed by atoms with E-state index in [1.165, 1.54) is 0 Å². The normalized spacial score (nSPS) is 10.1. The molecule has 0 radical (unpaired) electrons. The molecule has 1 rings (SSSR count). The Morgan fingerprint density at radius 3 is 2.19 bits per heavy atom. The van der Waals surface area contributed by atoms with Gasteiger partial charge in [-0.05, 0) is 27.7 Å². The highest BCUT2D eigenvalue weighted by molar-refractivity contribution is 5.74. The van der Waals surface area contributed by atoms with Crippen molar-refractivity contribution < 1.29 is 9.53 Å². The largest absolute Gasteiger partial charge is 0.465 e. The summed E-state index contributed by atoms with van der Waals surface area (Å²) in [6, 6.07) is 0. The predicted molar refractivity (Wildman–Crippen MR) is 82.7 cm³/mol. The SMILES string of the molecule is CCNc1nc(NCC(=O)OCC)nc(N(CC)CC)n1. The minimum absolute atomic E-state index is 0.0289. The van der Waals surface area contributed by atoms with Crippen molar-refractivity contribution in [1.29, 1.82) is 0 Å². The monoisotopic (exact) mass is 296 g/mol. The van der Waals surface area contributed by atoms with Crippen LogP contribution in [0.4, 0.5) is 17.8 Å². The molecule has 0 spiro atoms. The maximum Gasteiger partial charge on any atom is 0.325 e. The van der Waals surface area contributed by atoms with Crippen LogP contribution in [-0.4, -0.2) is 53.7 Å². The summed E-state index contributed by atoms with van der Waals surface area (Å²) in [5, 5.41) is 5.93. The van der Waals surface area contributed by atoms with E-state index >= 15 is 0 Å². The van der Waals surface area contributed by atoms with E-state index in [2.05, 4.69) is 25.6 Å². The number of carbonyl (C=O) groups excluding carboxylic acids is 1. The van der Waals surface area contributed by atoms with Gasteiger partial charge in [-0.1, -0.05) is 0 Å². The van der Waals surface area contributed by atoms with E-state index in [-0.39, 0.29) is 12.5 Å². The summed E-state index contributed by atoms with van der Waals surface area (Å²) in [7, 11) is 0. The molecular formula is C13H24N6O2. The number of anilines is 3. The lowest BCUT2D eigenvalue weighted by atomic mass is 10.5. The zero-order valence-corrected chi connectivity index (χ0v) is 13.1. The first-order valence-electron chi connectivity index (χ1n) is 7.28. The Morgan fingerprint density at radius 1 is 1.05 bits per heavy atom. The van der Waals surface area contributed by atoms with Gasteiger partial charge in [0.1, 0.15) is 6.54 Å². The van der Waals surface area contributed by atoms with Crippen LogP contribution in [0.25, 0.3) is 0 Å². The van der Waals surface area contributed by atoms with Crippen molar-refractivity contribution in [2.75, 3.05) is 48.3 Å². The maximum absolute atomic E-state index is 11.4. The molecule has 0 unspecified atom stereocenters. The molecule has 0 aliphatic carbocycles. The Bertz CT molecular complexity index is 450. The molecule has 0 saturated carbocycles. The number of ether oxygens (including phenoxy) is 1. The molecule has 0 saturated heterocycles. The second kappa shape index (κ2) is 8.93. The molecule has 1 aromatic rings. The topological polar surface area (TPSA) is 92.3 Å². The van der Waals surface area contributed by atoms with E-state index < -0.39 is 0 Å². The lowest BCUT2D eigenvalue weighted by Gasteiger charge is -2.19. The van der Waals surface area contributed by atoms with Gasteiger partial charge in [0, 0.05) is 19.6 Å². The molecule has 1 heterocycles. The van der Waals surface area contributed by atoms with Gasteiger partial charge in [0.25, 0.3) is 0 Å². The van der Waals surface area contributed by atoms with Gasteiger partial charge in [0.15, 0.2) is 0 Å². The highest BCUT2D eigenvalue weighted by Gasteiger charge is 2.11. The zero-order chi connectivity index (χ0) is 15.7. The highest BCUT2D eigenvalue weighted by Crippen LogP contribution is 2.13. The third-order valence-electron chi connectivity index (χ3n) is 2.70. The fourth-order valence-corrected chi connectivity index (χ4v) is 1.69. The minimum atomic E-state index is -0.340. The fourth-order valence-electron chi connectivity index (χ4n) is 1.69. The van der Waals surface area contributed by atoms with E-state index in [1.54, 1.807) is 6.92 Å². The molecule has 0 atom stereocenters. The van der Waals surface area contributed by atoms with Gasteiger partial charge in [0.05, 0.1) is 6.61 Å². The minimum Gasteiger partial charge on any atom is -0.465 e. The van der Waals surface area contributed by atoms with Gasteiger partial charge in [-0.15, -0.1) is 0 Å². The number of esters is 1. The van der Waals surface area contributed by atoms with Crippen molar-refractivity contribution in [3.05, 3.63) is 0 Å². The molecule has 8 heteroatoms. The average Bonchev–Trinajstić information content (AvgIpc) is 2.47. The number of hydrogen-bond donors (Lipinski definition) is 2. The standard InChI is InChI=1S/C13H24N6O2/c1-5-14-11-16-12(15-9-10(20)21-8-4)18-13(17-11)19(6-2)7-3/h5-9H2,1-4H3,(H2,14,15,16,17,18). The van der Waals surface area contributed by atoms with Gasteiger partial charge in [0.2, 0.25) is 17.8 Å². The number of aromatic nitrogens is 3. The average molecular weight is 296 g/mol. The first kappa shape index (κ1) is 16.9. The molecule has 2 N–H and O–H groups in total. The summed E-state index contributed by atoms with van der Waals surface area (Å²) in [4.78, 5) is 26.3. The Balaban J connectivity index is 2.88. The Hall–Kier alpha value is -2.12.